The number of nitrogens with zero attached hydrogens (tertiary/aromatic N) is 5. The molecule has 24 heavy (non-hydrogen) atoms. The third-order valence-electron chi connectivity index (χ3n) is 3.53. The zero-order chi connectivity index (χ0) is 16.5. The van der Waals surface area contributed by atoms with Crippen LogP contribution in [0.4, 0.5) is 0 Å². The molecule has 4 aromatic rings. The van der Waals surface area contributed by atoms with E-state index in [1.807, 2.05) is 30.3 Å². The number of methoxy groups -OCH3 is 2. The summed E-state index contributed by atoms with van der Waals surface area (Å²) in [6, 6.07) is 9.42. The van der Waals surface area contributed by atoms with E-state index < -0.39 is 0 Å². The Morgan fingerprint density at radius 2 is 1.62 bits per heavy atom. The largest absolute Gasteiger partial charge is 0.497 e. The van der Waals surface area contributed by atoms with Crippen LogP contribution < -0.4 is 9.47 Å². The molecule has 0 saturated heterocycles. The highest BCUT2D eigenvalue weighted by Gasteiger charge is 2.15. The van der Waals surface area contributed by atoms with Crippen molar-refractivity contribution in [3.63, 3.8) is 0 Å². The standard InChI is InChI=1S/C16H13N5O2S/c1-22-12-7-11(8-13(9-12)23-2)15-20-21-14(18-19-16(21)24-15)10-3-5-17-6-4-10/h3-9H,1-2H3. The third-order valence-corrected chi connectivity index (χ3v) is 4.48. The summed E-state index contributed by atoms with van der Waals surface area (Å²) in [6.07, 6.45) is 3.44. The van der Waals surface area contributed by atoms with Crippen LogP contribution in [-0.2, 0) is 0 Å². The van der Waals surface area contributed by atoms with Crippen LogP contribution in [0.15, 0.2) is 42.7 Å². The lowest BCUT2D eigenvalue weighted by Crippen LogP contribution is -1.92. The number of hydrogen-bond acceptors (Lipinski definition) is 7. The summed E-state index contributed by atoms with van der Waals surface area (Å²) in [6.45, 7) is 0. The molecular weight excluding hydrogens is 326 g/mol. The molecule has 0 amide bonds. The van der Waals surface area contributed by atoms with Crippen LogP contribution in [0.3, 0.4) is 0 Å². The number of hydrogen-bond donors (Lipinski definition) is 0. The van der Waals surface area contributed by atoms with E-state index in [-0.39, 0.29) is 0 Å². The van der Waals surface area contributed by atoms with E-state index in [0.29, 0.717) is 17.3 Å². The molecule has 0 saturated carbocycles. The van der Waals surface area contributed by atoms with Gasteiger partial charge in [0.05, 0.1) is 14.2 Å². The average Bonchev–Trinajstić information content (AvgIpc) is 3.22. The molecule has 120 valence electrons. The number of pyridine rings is 1. The minimum Gasteiger partial charge on any atom is -0.497 e. The first-order valence-corrected chi connectivity index (χ1v) is 7.96. The Bertz CT molecular complexity index is 974. The Kier molecular flexibility index (Phi) is 3.58. The maximum atomic E-state index is 5.32. The zero-order valence-electron chi connectivity index (χ0n) is 13.0. The molecule has 7 nitrogen and oxygen atoms in total. The van der Waals surface area contributed by atoms with Crippen molar-refractivity contribution in [1.82, 2.24) is 24.8 Å². The summed E-state index contributed by atoms with van der Waals surface area (Å²) in [5, 5.41) is 13.9. The van der Waals surface area contributed by atoms with E-state index >= 15 is 0 Å². The monoisotopic (exact) mass is 339 g/mol. The summed E-state index contributed by atoms with van der Waals surface area (Å²) < 4.78 is 12.4. The third kappa shape index (κ3) is 2.46. The first kappa shape index (κ1) is 14.6. The Hall–Kier alpha value is -3.00. The number of fused-ring (bicyclic) bond motifs is 1. The fourth-order valence-corrected chi connectivity index (χ4v) is 3.17. The van der Waals surface area contributed by atoms with E-state index in [9.17, 15) is 0 Å². The van der Waals surface area contributed by atoms with Crippen molar-refractivity contribution in [2.75, 3.05) is 14.2 Å². The summed E-state index contributed by atoms with van der Waals surface area (Å²) in [5.74, 6) is 2.11. The predicted octanol–water partition coefficient (Wildman–Crippen LogP) is 2.93. The Morgan fingerprint density at radius 1 is 0.917 bits per heavy atom. The van der Waals surface area contributed by atoms with Crippen molar-refractivity contribution in [2.45, 2.75) is 0 Å². The lowest BCUT2D eigenvalue weighted by molar-refractivity contribution is 0.394. The van der Waals surface area contributed by atoms with E-state index in [1.54, 1.807) is 31.1 Å². The molecule has 0 N–H and O–H groups in total. The van der Waals surface area contributed by atoms with Gasteiger partial charge in [0.15, 0.2) is 5.82 Å². The molecule has 0 fully saturated rings. The minimum absolute atomic E-state index is 0.685. The summed E-state index contributed by atoms with van der Waals surface area (Å²) >= 11 is 1.46. The molecule has 0 aliphatic heterocycles. The SMILES string of the molecule is COc1cc(OC)cc(-c2nn3c(-c4ccncc4)nnc3s2)c1. The molecule has 0 aliphatic rings. The van der Waals surface area contributed by atoms with Crippen molar-refractivity contribution >= 4 is 16.3 Å². The van der Waals surface area contributed by atoms with Gasteiger partial charge in [0, 0.05) is 29.6 Å². The molecule has 1 aromatic carbocycles. The molecule has 4 rings (SSSR count). The Morgan fingerprint density at radius 3 is 2.29 bits per heavy atom. The Balaban J connectivity index is 1.83. The summed E-state index contributed by atoms with van der Waals surface area (Å²) in [7, 11) is 3.25. The molecule has 0 spiro atoms. The summed E-state index contributed by atoms with van der Waals surface area (Å²) in [4.78, 5) is 4.74. The topological polar surface area (TPSA) is 74.4 Å². The maximum absolute atomic E-state index is 5.32. The highest BCUT2D eigenvalue weighted by atomic mass is 32.1. The number of benzene rings is 1. The quantitative estimate of drug-likeness (QED) is 0.569. The van der Waals surface area contributed by atoms with Crippen LogP contribution in [0.1, 0.15) is 0 Å². The van der Waals surface area contributed by atoms with E-state index in [1.165, 1.54) is 11.3 Å². The van der Waals surface area contributed by atoms with Crippen molar-refractivity contribution in [2.24, 2.45) is 0 Å². The van der Waals surface area contributed by atoms with Gasteiger partial charge in [0.25, 0.3) is 0 Å². The summed E-state index contributed by atoms with van der Waals surface area (Å²) in [5.41, 5.74) is 1.82. The van der Waals surface area contributed by atoms with Crippen molar-refractivity contribution in [1.29, 1.82) is 0 Å². The van der Waals surface area contributed by atoms with Crippen molar-refractivity contribution in [3.8, 4) is 33.5 Å². The van der Waals surface area contributed by atoms with Gasteiger partial charge >= 0.3 is 0 Å². The van der Waals surface area contributed by atoms with Gasteiger partial charge in [0.1, 0.15) is 16.5 Å². The van der Waals surface area contributed by atoms with Crippen LogP contribution in [0, 0.1) is 0 Å². The van der Waals surface area contributed by atoms with Crippen LogP contribution in [0.25, 0.3) is 26.9 Å². The maximum Gasteiger partial charge on any atom is 0.235 e. The van der Waals surface area contributed by atoms with Crippen LogP contribution in [0.5, 0.6) is 11.5 Å². The van der Waals surface area contributed by atoms with Crippen LogP contribution >= 0.6 is 11.3 Å². The van der Waals surface area contributed by atoms with Gasteiger partial charge in [-0.2, -0.15) is 9.61 Å². The lowest BCUT2D eigenvalue weighted by Gasteiger charge is -2.06. The van der Waals surface area contributed by atoms with Gasteiger partial charge in [0.2, 0.25) is 4.96 Å². The highest BCUT2D eigenvalue weighted by Crippen LogP contribution is 2.33. The van der Waals surface area contributed by atoms with E-state index in [4.69, 9.17) is 9.47 Å². The first-order chi connectivity index (χ1) is 11.8. The number of aromatic nitrogens is 5. The number of rotatable bonds is 4. The minimum atomic E-state index is 0.685. The first-order valence-electron chi connectivity index (χ1n) is 7.14. The molecular formula is C16H13N5O2S. The predicted molar refractivity (Wildman–Crippen MR) is 90.4 cm³/mol. The number of ether oxygens (including phenoxy) is 2. The molecule has 8 heteroatoms. The van der Waals surface area contributed by atoms with E-state index in [2.05, 4.69) is 20.3 Å². The second-order valence-corrected chi connectivity index (χ2v) is 5.92. The highest BCUT2D eigenvalue weighted by molar-refractivity contribution is 7.19. The second-order valence-electron chi connectivity index (χ2n) is 4.96. The molecule has 0 atom stereocenters. The van der Waals surface area contributed by atoms with Crippen LogP contribution in [0.2, 0.25) is 0 Å². The van der Waals surface area contributed by atoms with Gasteiger partial charge in [-0.05, 0) is 24.3 Å². The van der Waals surface area contributed by atoms with Gasteiger partial charge in [-0.15, -0.1) is 10.2 Å². The van der Waals surface area contributed by atoms with Gasteiger partial charge in [-0.25, -0.2) is 0 Å². The normalized spacial score (nSPS) is 10.9. The fraction of sp³-hybridized carbons (Fsp3) is 0.125. The molecule has 0 unspecified atom stereocenters. The van der Waals surface area contributed by atoms with Crippen molar-refractivity contribution < 1.29 is 9.47 Å². The average molecular weight is 339 g/mol. The fourth-order valence-electron chi connectivity index (χ4n) is 2.35. The zero-order valence-corrected chi connectivity index (χ0v) is 13.8. The Labute approximate surface area is 141 Å². The molecule has 3 heterocycles. The van der Waals surface area contributed by atoms with E-state index in [0.717, 1.165) is 21.1 Å². The molecule has 0 radical (unpaired) electrons. The molecule has 0 bridgehead atoms. The molecule has 0 aliphatic carbocycles. The smallest absolute Gasteiger partial charge is 0.235 e. The van der Waals surface area contributed by atoms with Gasteiger partial charge < -0.3 is 9.47 Å². The van der Waals surface area contributed by atoms with Crippen molar-refractivity contribution in [3.05, 3.63) is 42.7 Å². The van der Waals surface area contributed by atoms with Crippen LogP contribution in [-0.4, -0.2) is 39.0 Å². The lowest BCUT2D eigenvalue weighted by atomic mass is 10.2. The second kappa shape index (κ2) is 5.89. The van der Waals surface area contributed by atoms with Gasteiger partial charge in [-0.3, -0.25) is 4.98 Å². The molecule has 3 aromatic heterocycles. The van der Waals surface area contributed by atoms with Gasteiger partial charge in [-0.1, -0.05) is 11.3 Å².